The second kappa shape index (κ2) is 9.63. The van der Waals surface area contributed by atoms with Crippen LogP contribution in [-0.2, 0) is 12.8 Å². The van der Waals surface area contributed by atoms with Crippen molar-refractivity contribution in [1.29, 1.82) is 0 Å². The van der Waals surface area contributed by atoms with Gasteiger partial charge in [0.15, 0.2) is 0 Å². The summed E-state index contributed by atoms with van der Waals surface area (Å²) in [6.07, 6.45) is 9.27. The Morgan fingerprint density at radius 1 is 0.727 bits per heavy atom. The first-order valence-electron chi connectivity index (χ1n) is 8.23. The smallest absolute Gasteiger partial charge is 0.127 e. The number of unbranched alkanes of at least 4 members (excludes halogenated alkanes) is 5. The molecule has 2 aromatic rings. The number of halogens is 2. The van der Waals surface area contributed by atoms with Crippen molar-refractivity contribution >= 4 is 11.6 Å². The highest BCUT2D eigenvalue weighted by Crippen LogP contribution is 2.17. The number of hydrogen-bond acceptors (Lipinski definition) is 0. The third-order valence-electron chi connectivity index (χ3n) is 4.02. The molecule has 0 bridgehead atoms. The first-order valence-corrected chi connectivity index (χ1v) is 8.61. The molecule has 2 rings (SSSR count). The van der Waals surface area contributed by atoms with Gasteiger partial charge in [0.25, 0.3) is 0 Å². The number of hydrogen-bond donors (Lipinski definition) is 0. The number of aryl methyl sites for hydroxylation is 2. The normalized spacial score (nSPS) is 10.8. The number of rotatable bonds is 9. The molecule has 22 heavy (non-hydrogen) atoms. The fraction of sp³-hybridized carbons (Fsp3) is 0.400. The molecule has 0 N–H and O–H groups in total. The molecule has 0 aliphatic heterocycles. The summed E-state index contributed by atoms with van der Waals surface area (Å²) in [7, 11) is 0. The highest BCUT2D eigenvalue weighted by Gasteiger charge is 2.02. The molecular formula is C20H24ClF. The summed E-state index contributed by atoms with van der Waals surface area (Å²) in [5, 5.41) is 0.472. The molecule has 2 aromatic carbocycles. The Morgan fingerprint density at radius 3 is 2.05 bits per heavy atom. The molecule has 0 atom stereocenters. The third-order valence-corrected chi connectivity index (χ3v) is 4.25. The van der Waals surface area contributed by atoms with Gasteiger partial charge in [-0.3, -0.25) is 0 Å². The summed E-state index contributed by atoms with van der Waals surface area (Å²) in [6.45, 7) is 0. The van der Waals surface area contributed by atoms with E-state index >= 15 is 0 Å². The summed E-state index contributed by atoms with van der Waals surface area (Å²) in [6, 6.07) is 15.6. The fourth-order valence-corrected chi connectivity index (χ4v) is 2.88. The minimum absolute atomic E-state index is 0.171. The van der Waals surface area contributed by atoms with E-state index in [1.54, 1.807) is 12.1 Å². The quantitative estimate of drug-likeness (QED) is 0.457. The van der Waals surface area contributed by atoms with E-state index in [2.05, 4.69) is 30.3 Å². The van der Waals surface area contributed by atoms with Crippen molar-refractivity contribution in [3.05, 3.63) is 70.5 Å². The summed E-state index contributed by atoms with van der Waals surface area (Å²) in [5.74, 6) is -0.171. The van der Waals surface area contributed by atoms with Crippen molar-refractivity contribution in [1.82, 2.24) is 0 Å². The second-order valence-corrected chi connectivity index (χ2v) is 6.28. The molecule has 0 unspecified atom stereocenters. The molecule has 0 aromatic heterocycles. The Hall–Kier alpha value is -1.34. The zero-order chi connectivity index (χ0) is 15.6. The van der Waals surface area contributed by atoms with Crippen LogP contribution in [0, 0.1) is 5.82 Å². The molecule has 0 amide bonds. The van der Waals surface area contributed by atoms with Gasteiger partial charge < -0.3 is 0 Å². The van der Waals surface area contributed by atoms with Gasteiger partial charge in [0.1, 0.15) is 5.82 Å². The topological polar surface area (TPSA) is 0 Å². The molecule has 0 saturated carbocycles. The minimum atomic E-state index is -0.171. The maximum atomic E-state index is 13.6. The van der Waals surface area contributed by atoms with Crippen molar-refractivity contribution < 1.29 is 4.39 Å². The van der Waals surface area contributed by atoms with E-state index in [1.807, 2.05) is 0 Å². The van der Waals surface area contributed by atoms with E-state index in [4.69, 9.17) is 11.6 Å². The molecule has 118 valence electrons. The van der Waals surface area contributed by atoms with E-state index < -0.39 is 0 Å². The monoisotopic (exact) mass is 318 g/mol. The van der Waals surface area contributed by atoms with E-state index in [0.29, 0.717) is 5.02 Å². The SMILES string of the molecule is Fc1cc(Cl)ccc1CCCCCCCCc1ccccc1. The zero-order valence-electron chi connectivity index (χ0n) is 13.0. The first kappa shape index (κ1) is 17.0. The molecule has 0 aliphatic rings. The van der Waals surface area contributed by atoms with Crippen LogP contribution in [0.4, 0.5) is 4.39 Å². The fourth-order valence-electron chi connectivity index (χ4n) is 2.72. The van der Waals surface area contributed by atoms with Crippen LogP contribution in [0.3, 0.4) is 0 Å². The maximum absolute atomic E-state index is 13.6. The van der Waals surface area contributed by atoms with Gasteiger partial charge in [-0.05, 0) is 48.9 Å². The Kier molecular flexibility index (Phi) is 7.45. The van der Waals surface area contributed by atoms with Crippen LogP contribution >= 0.6 is 11.6 Å². The lowest BCUT2D eigenvalue weighted by molar-refractivity contribution is 0.575. The van der Waals surface area contributed by atoms with Gasteiger partial charge in [-0.2, -0.15) is 0 Å². The summed E-state index contributed by atoms with van der Waals surface area (Å²) in [5.41, 5.74) is 2.22. The number of benzene rings is 2. The molecule has 0 nitrogen and oxygen atoms in total. The summed E-state index contributed by atoms with van der Waals surface area (Å²) < 4.78 is 13.6. The molecule has 0 radical (unpaired) electrons. The van der Waals surface area contributed by atoms with E-state index in [1.165, 1.54) is 50.2 Å². The Balaban J connectivity index is 1.51. The van der Waals surface area contributed by atoms with Crippen molar-refractivity contribution in [2.75, 3.05) is 0 Å². The van der Waals surface area contributed by atoms with Gasteiger partial charge in [-0.25, -0.2) is 4.39 Å². The summed E-state index contributed by atoms with van der Waals surface area (Å²) >= 11 is 5.75. The van der Waals surface area contributed by atoms with Crippen LogP contribution in [0.5, 0.6) is 0 Å². The largest absolute Gasteiger partial charge is 0.207 e. The predicted octanol–water partition coefficient (Wildman–Crippen LogP) is 6.60. The van der Waals surface area contributed by atoms with Crippen molar-refractivity contribution in [2.24, 2.45) is 0 Å². The molecule has 0 spiro atoms. The van der Waals surface area contributed by atoms with Gasteiger partial charge in [0.2, 0.25) is 0 Å². The van der Waals surface area contributed by atoms with Crippen LogP contribution in [0.2, 0.25) is 5.02 Å². The standard InChI is InChI=1S/C20H24ClF/c21-19-15-14-18(20(22)16-19)13-9-4-2-1-3-6-10-17-11-7-5-8-12-17/h5,7-8,11-12,14-16H,1-4,6,9-10,13H2. The van der Waals surface area contributed by atoms with Crippen LogP contribution < -0.4 is 0 Å². The average molecular weight is 319 g/mol. The highest BCUT2D eigenvalue weighted by molar-refractivity contribution is 6.30. The summed E-state index contributed by atoms with van der Waals surface area (Å²) in [4.78, 5) is 0. The minimum Gasteiger partial charge on any atom is -0.207 e. The van der Waals surface area contributed by atoms with E-state index in [9.17, 15) is 4.39 Å². The predicted molar refractivity (Wildman–Crippen MR) is 93.0 cm³/mol. The molecule has 0 saturated heterocycles. The molecule has 0 heterocycles. The van der Waals surface area contributed by atoms with Gasteiger partial charge in [0, 0.05) is 5.02 Å². The van der Waals surface area contributed by atoms with Crippen LogP contribution in [-0.4, -0.2) is 0 Å². The molecule has 0 aliphatic carbocycles. The Labute approximate surface area is 138 Å². The molecule has 2 heteroatoms. The van der Waals surface area contributed by atoms with Crippen molar-refractivity contribution in [3.8, 4) is 0 Å². The Morgan fingerprint density at radius 2 is 1.36 bits per heavy atom. The lowest BCUT2D eigenvalue weighted by Crippen LogP contribution is -1.91. The average Bonchev–Trinajstić information content (AvgIpc) is 2.52. The highest BCUT2D eigenvalue weighted by atomic mass is 35.5. The van der Waals surface area contributed by atoms with Crippen molar-refractivity contribution in [3.63, 3.8) is 0 Å². The van der Waals surface area contributed by atoms with Crippen LogP contribution in [0.1, 0.15) is 49.7 Å². The van der Waals surface area contributed by atoms with Crippen LogP contribution in [0.15, 0.2) is 48.5 Å². The van der Waals surface area contributed by atoms with Gasteiger partial charge >= 0.3 is 0 Å². The lowest BCUT2D eigenvalue weighted by Gasteiger charge is -2.04. The van der Waals surface area contributed by atoms with Gasteiger partial charge in [0.05, 0.1) is 0 Å². The van der Waals surface area contributed by atoms with Crippen molar-refractivity contribution in [2.45, 2.75) is 51.4 Å². The lowest BCUT2D eigenvalue weighted by atomic mass is 10.0. The Bertz CT molecular complexity index is 551. The van der Waals surface area contributed by atoms with Gasteiger partial charge in [-0.1, -0.05) is 73.7 Å². The second-order valence-electron chi connectivity index (χ2n) is 5.84. The molecule has 0 fully saturated rings. The molecular weight excluding hydrogens is 295 g/mol. The third kappa shape index (κ3) is 6.19. The van der Waals surface area contributed by atoms with E-state index in [-0.39, 0.29) is 5.82 Å². The van der Waals surface area contributed by atoms with Gasteiger partial charge in [-0.15, -0.1) is 0 Å². The zero-order valence-corrected chi connectivity index (χ0v) is 13.8. The van der Waals surface area contributed by atoms with Crippen LogP contribution in [0.25, 0.3) is 0 Å². The van der Waals surface area contributed by atoms with E-state index in [0.717, 1.165) is 18.4 Å². The first-order chi connectivity index (χ1) is 10.8. The maximum Gasteiger partial charge on any atom is 0.127 e.